The topological polar surface area (TPSA) is 87.3 Å². The Bertz CT molecular complexity index is 593. The van der Waals surface area contributed by atoms with Crippen molar-refractivity contribution in [2.45, 2.75) is 50.0 Å². The average molecular weight is 325 g/mol. The second-order valence-electron chi connectivity index (χ2n) is 5.51. The summed E-state index contributed by atoms with van der Waals surface area (Å²) in [5.41, 5.74) is 0.563. The van der Waals surface area contributed by atoms with Gasteiger partial charge in [-0.3, -0.25) is 0 Å². The van der Waals surface area contributed by atoms with E-state index in [1.807, 2.05) is 6.92 Å². The van der Waals surface area contributed by atoms with Crippen molar-refractivity contribution in [3.63, 3.8) is 0 Å². The molecule has 2 rings (SSSR count). The third-order valence-corrected chi connectivity index (χ3v) is 5.17. The van der Waals surface area contributed by atoms with Crippen LogP contribution in [0.25, 0.3) is 0 Å². The van der Waals surface area contributed by atoms with Crippen molar-refractivity contribution in [3.05, 3.63) is 24.3 Å². The van der Waals surface area contributed by atoms with Crippen LogP contribution in [0.4, 0.5) is 10.5 Å². The van der Waals surface area contributed by atoms with Gasteiger partial charge in [0.2, 0.25) is 10.0 Å². The molecule has 2 amide bonds. The molecule has 0 heterocycles. The molecule has 1 fully saturated rings. The standard InChI is InChI=1S/C15H23N3O3S/c1-2-11-16-15(19)17-12-7-9-14(10-8-12)22(20,21)18-13-5-3-4-6-13/h7-10,13,18H,2-6,11H2,1H3,(H2,16,17,19). The van der Waals surface area contributed by atoms with E-state index in [1.54, 1.807) is 12.1 Å². The first kappa shape index (κ1) is 16.8. The van der Waals surface area contributed by atoms with Crippen molar-refractivity contribution in [2.24, 2.45) is 0 Å². The van der Waals surface area contributed by atoms with Crippen LogP contribution in [0.2, 0.25) is 0 Å². The molecule has 22 heavy (non-hydrogen) atoms. The summed E-state index contributed by atoms with van der Waals surface area (Å²) in [6.45, 7) is 2.57. The van der Waals surface area contributed by atoms with Crippen molar-refractivity contribution >= 4 is 21.7 Å². The first-order valence-corrected chi connectivity index (χ1v) is 9.17. The zero-order valence-electron chi connectivity index (χ0n) is 12.8. The molecule has 3 N–H and O–H groups in total. The lowest BCUT2D eigenvalue weighted by Crippen LogP contribution is -2.32. The Morgan fingerprint density at radius 2 is 1.82 bits per heavy atom. The average Bonchev–Trinajstić information content (AvgIpc) is 2.98. The molecule has 1 saturated carbocycles. The summed E-state index contributed by atoms with van der Waals surface area (Å²) in [6, 6.07) is 5.95. The summed E-state index contributed by atoms with van der Waals surface area (Å²) in [4.78, 5) is 11.8. The van der Waals surface area contributed by atoms with Crippen LogP contribution in [0.5, 0.6) is 0 Å². The summed E-state index contributed by atoms with van der Waals surface area (Å²) in [7, 11) is -3.48. The van der Waals surface area contributed by atoms with Crippen LogP contribution in [0.1, 0.15) is 39.0 Å². The van der Waals surface area contributed by atoms with E-state index < -0.39 is 10.0 Å². The third kappa shape index (κ3) is 4.71. The van der Waals surface area contributed by atoms with E-state index in [1.165, 1.54) is 12.1 Å². The lowest BCUT2D eigenvalue weighted by Gasteiger charge is -2.13. The van der Waals surface area contributed by atoms with Gasteiger partial charge in [0.1, 0.15) is 0 Å². The maximum atomic E-state index is 12.3. The molecule has 0 atom stereocenters. The van der Waals surface area contributed by atoms with Crippen molar-refractivity contribution in [3.8, 4) is 0 Å². The summed E-state index contributed by atoms with van der Waals surface area (Å²) >= 11 is 0. The highest BCUT2D eigenvalue weighted by Gasteiger charge is 2.22. The number of hydrogen-bond donors (Lipinski definition) is 3. The highest BCUT2D eigenvalue weighted by molar-refractivity contribution is 7.89. The zero-order valence-corrected chi connectivity index (χ0v) is 13.6. The van der Waals surface area contributed by atoms with E-state index in [2.05, 4.69) is 15.4 Å². The SMILES string of the molecule is CCCNC(=O)Nc1ccc(S(=O)(=O)NC2CCCC2)cc1. The Morgan fingerprint density at radius 3 is 2.41 bits per heavy atom. The van der Waals surface area contributed by atoms with Crippen LogP contribution in [0, 0.1) is 0 Å². The molecule has 122 valence electrons. The number of urea groups is 1. The second-order valence-corrected chi connectivity index (χ2v) is 7.22. The maximum Gasteiger partial charge on any atom is 0.319 e. The van der Waals surface area contributed by atoms with E-state index in [0.29, 0.717) is 12.2 Å². The van der Waals surface area contributed by atoms with Gasteiger partial charge in [-0.1, -0.05) is 19.8 Å². The summed E-state index contributed by atoms with van der Waals surface area (Å²) < 4.78 is 27.2. The number of rotatable bonds is 6. The fraction of sp³-hybridized carbons (Fsp3) is 0.533. The zero-order chi connectivity index (χ0) is 16.0. The molecular formula is C15H23N3O3S. The predicted molar refractivity (Wildman–Crippen MR) is 86.3 cm³/mol. The van der Waals surface area contributed by atoms with E-state index in [9.17, 15) is 13.2 Å². The van der Waals surface area contributed by atoms with Gasteiger partial charge in [0.15, 0.2) is 0 Å². The molecule has 0 radical (unpaired) electrons. The maximum absolute atomic E-state index is 12.3. The fourth-order valence-electron chi connectivity index (χ4n) is 2.46. The highest BCUT2D eigenvalue weighted by Crippen LogP contribution is 2.21. The molecule has 1 aromatic carbocycles. The highest BCUT2D eigenvalue weighted by atomic mass is 32.2. The van der Waals surface area contributed by atoms with Gasteiger partial charge in [-0.25, -0.2) is 17.9 Å². The van der Waals surface area contributed by atoms with E-state index >= 15 is 0 Å². The van der Waals surface area contributed by atoms with Gasteiger partial charge < -0.3 is 10.6 Å². The lowest BCUT2D eigenvalue weighted by atomic mass is 10.3. The second kappa shape index (κ2) is 7.60. The number of carbonyl (C=O) groups is 1. The molecule has 7 heteroatoms. The van der Waals surface area contributed by atoms with Gasteiger partial charge in [-0.05, 0) is 43.5 Å². The summed E-state index contributed by atoms with van der Waals surface area (Å²) in [5.74, 6) is 0. The molecule has 1 aliphatic rings. The largest absolute Gasteiger partial charge is 0.338 e. The van der Waals surface area contributed by atoms with Gasteiger partial charge in [-0.15, -0.1) is 0 Å². The number of sulfonamides is 1. The van der Waals surface area contributed by atoms with Gasteiger partial charge in [-0.2, -0.15) is 0 Å². The van der Waals surface area contributed by atoms with Crippen molar-refractivity contribution in [2.75, 3.05) is 11.9 Å². The van der Waals surface area contributed by atoms with Crippen LogP contribution >= 0.6 is 0 Å². The van der Waals surface area contributed by atoms with Crippen molar-refractivity contribution in [1.82, 2.24) is 10.0 Å². The minimum atomic E-state index is -3.48. The molecular weight excluding hydrogens is 302 g/mol. The summed E-state index contributed by atoms with van der Waals surface area (Å²) in [6.07, 6.45) is 4.80. The number of amides is 2. The van der Waals surface area contributed by atoms with Crippen molar-refractivity contribution < 1.29 is 13.2 Å². The van der Waals surface area contributed by atoms with Crippen LogP contribution in [-0.2, 0) is 10.0 Å². The minimum absolute atomic E-state index is 0.0441. The molecule has 1 aromatic rings. The molecule has 6 nitrogen and oxygen atoms in total. The number of nitrogens with one attached hydrogen (secondary N) is 3. The van der Waals surface area contributed by atoms with E-state index in [-0.39, 0.29) is 17.0 Å². The van der Waals surface area contributed by atoms with Gasteiger partial charge in [0.25, 0.3) is 0 Å². The number of carbonyl (C=O) groups excluding carboxylic acids is 1. The molecule has 0 unspecified atom stereocenters. The Balaban J connectivity index is 1.96. The minimum Gasteiger partial charge on any atom is -0.338 e. The van der Waals surface area contributed by atoms with E-state index in [4.69, 9.17) is 0 Å². The summed E-state index contributed by atoms with van der Waals surface area (Å²) in [5, 5.41) is 5.36. The fourth-order valence-corrected chi connectivity index (χ4v) is 3.77. The monoisotopic (exact) mass is 325 g/mol. The van der Waals surface area contributed by atoms with Crippen LogP contribution in [0.15, 0.2) is 29.2 Å². The molecule has 1 aliphatic carbocycles. The Labute approximate surface area is 131 Å². The third-order valence-electron chi connectivity index (χ3n) is 3.64. The van der Waals surface area contributed by atoms with Gasteiger partial charge in [0, 0.05) is 18.3 Å². The molecule has 0 aromatic heterocycles. The first-order chi connectivity index (χ1) is 10.5. The molecule has 0 spiro atoms. The Morgan fingerprint density at radius 1 is 1.18 bits per heavy atom. The van der Waals surface area contributed by atoms with Crippen LogP contribution in [0.3, 0.4) is 0 Å². The molecule has 0 saturated heterocycles. The molecule has 0 bridgehead atoms. The van der Waals surface area contributed by atoms with Crippen LogP contribution < -0.4 is 15.4 Å². The quantitative estimate of drug-likeness (QED) is 0.750. The molecule has 0 aliphatic heterocycles. The predicted octanol–water partition coefficient (Wildman–Crippen LogP) is 2.44. The Hall–Kier alpha value is -1.60. The first-order valence-electron chi connectivity index (χ1n) is 7.68. The normalized spacial score (nSPS) is 15.7. The van der Waals surface area contributed by atoms with E-state index in [0.717, 1.165) is 32.1 Å². The number of anilines is 1. The Kier molecular flexibility index (Phi) is 5.79. The smallest absolute Gasteiger partial charge is 0.319 e. The van der Waals surface area contributed by atoms with Crippen molar-refractivity contribution in [1.29, 1.82) is 0 Å². The van der Waals surface area contributed by atoms with Crippen LogP contribution in [-0.4, -0.2) is 27.0 Å². The van der Waals surface area contributed by atoms with Gasteiger partial charge >= 0.3 is 6.03 Å². The lowest BCUT2D eigenvalue weighted by molar-refractivity contribution is 0.252. The number of benzene rings is 1. The van der Waals surface area contributed by atoms with Gasteiger partial charge in [0.05, 0.1) is 4.90 Å². The number of hydrogen-bond acceptors (Lipinski definition) is 3.